The smallest absolute Gasteiger partial charge is 0.287 e. The fraction of sp³-hybridized carbons (Fsp3) is 0.211. The summed E-state index contributed by atoms with van der Waals surface area (Å²) in [5.74, 6) is -0.327. The van der Waals surface area contributed by atoms with E-state index in [2.05, 4.69) is 32.7 Å². The standard InChI is InChI=1S/C19H20N4O2/c24-18-15-9-4-5-10-16(15)22-17(23-18)19(25)21-12-6-11-20-13-14-7-2-1-3-8-14/h1-5,7-10,20H,6,11-13H2,(H,21,25)(H,22,23,24). The molecule has 0 unspecified atom stereocenters. The van der Waals surface area contributed by atoms with E-state index in [1.807, 2.05) is 18.2 Å². The second-order valence-electron chi connectivity index (χ2n) is 5.70. The van der Waals surface area contributed by atoms with Gasteiger partial charge in [-0.1, -0.05) is 42.5 Å². The number of aromatic amines is 1. The predicted molar refractivity (Wildman–Crippen MR) is 97.5 cm³/mol. The number of benzene rings is 2. The number of aromatic nitrogens is 2. The topological polar surface area (TPSA) is 86.9 Å². The third-order valence-electron chi connectivity index (χ3n) is 3.82. The summed E-state index contributed by atoms with van der Waals surface area (Å²) in [5, 5.41) is 6.58. The minimum atomic E-state index is -0.370. The molecule has 25 heavy (non-hydrogen) atoms. The van der Waals surface area contributed by atoms with E-state index in [-0.39, 0.29) is 17.3 Å². The highest BCUT2D eigenvalue weighted by Gasteiger charge is 2.10. The molecule has 1 heterocycles. The van der Waals surface area contributed by atoms with E-state index in [0.29, 0.717) is 17.4 Å². The molecule has 6 nitrogen and oxygen atoms in total. The monoisotopic (exact) mass is 336 g/mol. The van der Waals surface area contributed by atoms with Gasteiger partial charge in [0.2, 0.25) is 0 Å². The molecule has 3 rings (SSSR count). The van der Waals surface area contributed by atoms with Crippen LogP contribution in [0.25, 0.3) is 10.9 Å². The third-order valence-corrected chi connectivity index (χ3v) is 3.82. The van der Waals surface area contributed by atoms with Crippen molar-refractivity contribution in [3.8, 4) is 0 Å². The number of nitrogens with one attached hydrogen (secondary N) is 3. The van der Waals surface area contributed by atoms with Gasteiger partial charge >= 0.3 is 0 Å². The highest BCUT2D eigenvalue weighted by atomic mass is 16.2. The number of hydrogen-bond acceptors (Lipinski definition) is 4. The second kappa shape index (κ2) is 8.21. The molecule has 0 atom stereocenters. The van der Waals surface area contributed by atoms with Crippen LogP contribution < -0.4 is 16.2 Å². The zero-order valence-electron chi connectivity index (χ0n) is 13.8. The first kappa shape index (κ1) is 16.9. The fourth-order valence-electron chi connectivity index (χ4n) is 2.52. The number of nitrogens with zero attached hydrogens (tertiary/aromatic N) is 1. The lowest BCUT2D eigenvalue weighted by Gasteiger charge is -2.07. The van der Waals surface area contributed by atoms with E-state index in [4.69, 9.17) is 0 Å². The number of rotatable bonds is 7. The van der Waals surface area contributed by atoms with E-state index in [1.165, 1.54) is 5.56 Å². The number of hydrogen-bond donors (Lipinski definition) is 3. The van der Waals surface area contributed by atoms with Crippen molar-refractivity contribution in [3.05, 3.63) is 76.3 Å². The van der Waals surface area contributed by atoms with Crippen LogP contribution in [0.3, 0.4) is 0 Å². The van der Waals surface area contributed by atoms with Crippen molar-refractivity contribution in [3.63, 3.8) is 0 Å². The van der Waals surface area contributed by atoms with Gasteiger partial charge in [0.05, 0.1) is 10.9 Å². The van der Waals surface area contributed by atoms with E-state index in [9.17, 15) is 9.59 Å². The van der Waals surface area contributed by atoms with Crippen molar-refractivity contribution in [1.29, 1.82) is 0 Å². The summed E-state index contributed by atoms with van der Waals surface area (Å²) in [4.78, 5) is 30.8. The van der Waals surface area contributed by atoms with Crippen molar-refractivity contribution in [2.24, 2.45) is 0 Å². The minimum Gasteiger partial charge on any atom is -0.349 e. The summed E-state index contributed by atoms with van der Waals surface area (Å²) < 4.78 is 0. The molecule has 2 aromatic carbocycles. The average Bonchev–Trinajstić information content (AvgIpc) is 2.65. The van der Waals surface area contributed by atoms with Crippen molar-refractivity contribution >= 4 is 16.8 Å². The molecule has 0 radical (unpaired) electrons. The molecule has 3 N–H and O–H groups in total. The van der Waals surface area contributed by atoms with Crippen LogP contribution >= 0.6 is 0 Å². The van der Waals surface area contributed by atoms with Gasteiger partial charge in [0, 0.05) is 13.1 Å². The Morgan fingerprint density at radius 3 is 2.60 bits per heavy atom. The Morgan fingerprint density at radius 2 is 1.76 bits per heavy atom. The van der Waals surface area contributed by atoms with Gasteiger partial charge in [-0.25, -0.2) is 4.98 Å². The van der Waals surface area contributed by atoms with Crippen LogP contribution in [0.2, 0.25) is 0 Å². The summed E-state index contributed by atoms with van der Waals surface area (Å²) in [6.07, 6.45) is 0.788. The van der Waals surface area contributed by atoms with Crippen LogP contribution in [0.1, 0.15) is 22.6 Å². The molecule has 3 aromatic rings. The summed E-state index contributed by atoms with van der Waals surface area (Å²) in [6.45, 7) is 2.10. The summed E-state index contributed by atoms with van der Waals surface area (Å²) >= 11 is 0. The molecule has 1 aromatic heterocycles. The van der Waals surface area contributed by atoms with Crippen LogP contribution in [0, 0.1) is 0 Å². The number of fused-ring (bicyclic) bond motifs is 1. The van der Waals surface area contributed by atoms with Gasteiger partial charge in [-0.3, -0.25) is 9.59 Å². The van der Waals surface area contributed by atoms with Gasteiger partial charge < -0.3 is 15.6 Å². The molecule has 1 amide bonds. The molecule has 0 aliphatic carbocycles. The van der Waals surface area contributed by atoms with Crippen LogP contribution in [0.5, 0.6) is 0 Å². The van der Waals surface area contributed by atoms with E-state index in [1.54, 1.807) is 24.3 Å². The Bertz CT molecular complexity index is 906. The molecule has 0 aliphatic rings. The zero-order chi connectivity index (χ0) is 17.5. The zero-order valence-corrected chi connectivity index (χ0v) is 13.8. The van der Waals surface area contributed by atoms with Crippen molar-refractivity contribution in [2.75, 3.05) is 13.1 Å². The number of H-pyrrole nitrogens is 1. The maximum atomic E-state index is 12.1. The van der Waals surface area contributed by atoms with E-state index in [0.717, 1.165) is 19.5 Å². The minimum absolute atomic E-state index is 0.0425. The summed E-state index contributed by atoms with van der Waals surface area (Å²) in [6, 6.07) is 17.1. The number of amides is 1. The fourth-order valence-corrected chi connectivity index (χ4v) is 2.52. The van der Waals surface area contributed by atoms with Crippen molar-refractivity contribution in [1.82, 2.24) is 20.6 Å². The number of carbonyl (C=O) groups is 1. The van der Waals surface area contributed by atoms with Gasteiger partial charge in [0.1, 0.15) is 0 Å². The maximum absolute atomic E-state index is 12.1. The number of para-hydroxylation sites is 1. The lowest BCUT2D eigenvalue weighted by Crippen LogP contribution is -2.30. The van der Waals surface area contributed by atoms with Crippen LogP contribution in [-0.2, 0) is 6.54 Å². The predicted octanol–water partition coefficient (Wildman–Crippen LogP) is 1.83. The van der Waals surface area contributed by atoms with Crippen molar-refractivity contribution in [2.45, 2.75) is 13.0 Å². The van der Waals surface area contributed by atoms with Crippen molar-refractivity contribution < 1.29 is 4.79 Å². The molecular weight excluding hydrogens is 316 g/mol. The molecule has 0 saturated carbocycles. The molecule has 0 saturated heterocycles. The first-order chi connectivity index (χ1) is 12.2. The van der Waals surface area contributed by atoms with E-state index < -0.39 is 0 Å². The SMILES string of the molecule is O=C(NCCCNCc1ccccc1)c1nc2ccccc2c(=O)[nH]1. The first-order valence-corrected chi connectivity index (χ1v) is 8.26. The molecular formula is C19H20N4O2. The Kier molecular flexibility index (Phi) is 5.53. The normalized spacial score (nSPS) is 10.7. The van der Waals surface area contributed by atoms with Gasteiger partial charge in [-0.2, -0.15) is 0 Å². The highest BCUT2D eigenvalue weighted by molar-refractivity contribution is 5.92. The first-order valence-electron chi connectivity index (χ1n) is 8.26. The molecule has 0 fully saturated rings. The maximum Gasteiger partial charge on any atom is 0.287 e. The Labute approximate surface area is 145 Å². The lowest BCUT2D eigenvalue weighted by atomic mass is 10.2. The van der Waals surface area contributed by atoms with Gasteiger partial charge in [-0.05, 0) is 30.7 Å². The molecule has 6 heteroatoms. The lowest BCUT2D eigenvalue weighted by molar-refractivity contribution is 0.0943. The van der Waals surface area contributed by atoms with Crippen LogP contribution in [0.15, 0.2) is 59.4 Å². The van der Waals surface area contributed by atoms with Crippen LogP contribution in [0.4, 0.5) is 0 Å². The highest BCUT2D eigenvalue weighted by Crippen LogP contribution is 2.05. The van der Waals surface area contributed by atoms with E-state index >= 15 is 0 Å². The largest absolute Gasteiger partial charge is 0.349 e. The van der Waals surface area contributed by atoms with Gasteiger partial charge in [-0.15, -0.1) is 0 Å². The molecule has 0 spiro atoms. The summed E-state index contributed by atoms with van der Waals surface area (Å²) in [5.41, 5.74) is 1.44. The average molecular weight is 336 g/mol. The Hall–Kier alpha value is -2.99. The van der Waals surface area contributed by atoms with Gasteiger partial charge in [0.15, 0.2) is 5.82 Å². The second-order valence-corrected chi connectivity index (χ2v) is 5.70. The summed E-state index contributed by atoms with van der Waals surface area (Å²) in [7, 11) is 0. The Balaban J connectivity index is 1.46. The number of carbonyl (C=O) groups excluding carboxylic acids is 1. The Morgan fingerprint density at radius 1 is 1.00 bits per heavy atom. The quantitative estimate of drug-likeness (QED) is 0.575. The molecule has 0 bridgehead atoms. The van der Waals surface area contributed by atoms with Gasteiger partial charge in [0.25, 0.3) is 11.5 Å². The third kappa shape index (κ3) is 4.51. The molecule has 0 aliphatic heterocycles. The molecule has 128 valence electrons. The van der Waals surface area contributed by atoms with Crippen LogP contribution in [-0.4, -0.2) is 29.0 Å².